The predicted octanol–water partition coefficient (Wildman–Crippen LogP) is 1.93. The minimum absolute atomic E-state index is 0.0199. The molecular weight excluding hydrogens is 402 g/mol. The number of nitrogens with zero attached hydrogens (tertiary/aromatic N) is 2. The molecule has 2 amide bonds. The molecule has 2 aliphatic heterocycles. The van der Waals surface area contributed by atoms with Gasteiger partial charge in [-0.1, -0.05) is 20.4 Å². The molecule has 0 radical (unpaired) electrons. The SMILES string of the molecule is C=CC(=O)NC1C(C)CN(S(=O)(=O)c2ccc3c(c2)CCN3C(=O)C2CC2)CC1C. The maximum absolute atomic E-state index is 13.3. The summed E-state index contributed by atoms with van der Waals surface area (Å²) in [5, 5.41) is 2.93. The predicted molar refractivity (Wildman–Crippen MR) is 114 cm³/mol. The number of amides is 2. The highest BCUT2D eigenvalue weighted by Gasteiger charge is 2.40. The number of anilines is 1. The van der Waals surface area contributed by atoms with Gasteiger partial charge in [-0.3, -0.25) is 9.59 Å². The highest BCUT2D eigenvalue weighted by atomic mass is 32.2. The lowest BCUT2D eigenvalue weighted by Crippen LogP contribution is -2.55. The van der Waals surface area contributed by atoms with Gasteiger partial charge in [-0.15, -0.1) is 0 Å². The second kappa shape index (κ2) is 7.81. The van der Waals surface area contributed by atoms with Crippen molar-refractivity contribution >= 4 is 27.5 Å². The Morgan fingerprint density at radius 3 is 2.43 bits per heavy atom. The minimum Gasteiger partial charge on any atom is -0.349 e. The molecule has 4 rings (SSSR count). The molecule has 162 valence electrons. The van der Waals surface area contributed by atoms with Gasteiger partial charge >= 0.3 is 0 Å². The van der Waals surface area contributed by atoms with Crippen molar-refractivity contribution < 1.29 is 18.0 Å². The van der Waals surface area contributed by atoms with E-state index in [1.54, 1.807) is 23.1 Å². The molecule has 0 spiro atoms. The molecule has 2 heterocycles. The van der Waals surface area contributed by atoms with Crippen molar-refractivity contribution in [2.45, 2.75) is 44.0 Å². The summed E-state index contributed by atoms with van der Waals surface area (Å²) in [5.74, 6) is 0.0294. The Labute approximate surface area is 178 Å². The van der Waals surface area contributed by atoms with Crippen LogP contribution in [-0.4, -0.2) is 50.2 Å². The van der Waals surface area contributed by atoms with Gasteiger partial charge in [0.2, 0.25) is 21.8 Å². The molecule has 1 saturated heterocycles. The number of carbonyl (C=O) groups excluding carboxylic acids is 2. The molecule has 1 N–H and O–H groups in total. The molecular formula is C22H29N3O4S. The van der Waals surface area contributed by atoms with Crippen molar-refractivity contribution in [3.63, 3.8) is 0 Å². The fourth-order valence-electron chi connectivity index (χ4n) is 4.68. The Balaban J connectivity index is 1.52. The molecule has 1 saturated carbocycles. The van der Waals surface area contributed by atoms with Crippen molar-refractivity contribution in [3.05, 3.63) is 36.4 Å². The van der Waals surface area contributed by atoms with Gasteiger partial charge in [-0.2, -0.15) is 4.31 Å². The van der Waals surface area contributed by atoms with Crippen LogP contribution in [0.5, 0.6) is 0 Å². The number of carbonyl (C=O) groups is 2. The monoisotopic (exact) mass is 431 g/mol. The van der Waals surface area contributed by atoms with Crippen LogP contribution in [0.4, 0.5) is 5.69 Å². The standard InChI is InChI=1S/C22H29N3O4S/c1-4-20(26)23-21-14(2)12-24(13-15(21)3)30(28,29)18-7-8-19-17(11-18)9-10-25(19)22(27)16-5-6-16/h4,7-8,11,14-16,21H,1,5-6,9-10,12-13H2,2-3H3,(H,23,26). The first-order chi connectivity index (χ1) is 14.2. The summed E-state index contributed by atoms with van der Waals surface area (Å²) in [6, 6.07) is 5.03. The van der Waals surface area contributed by atoms with Gasteiger partial charge in [0.1, 0.15) is 0 Å². The summed E-state index contributed by atoms with van der Waals surface area (Å²) < 4.78 is 28.2. The van der Waals surface area contributed by atoms with E-state index >= 15 is 0 Å². The normalized spacial score (nSPS) is 26.9. The zero-order chi connectivity index (χ0) is 21.6. The maximum atomic E-state index is 13.3. The van der Waals surface area contributed by atoms with Crippen LogP contribution >= 0.6 is 0 Å². The average Bonchev–Trinajstić information content (AvgIpc) is 3.48. The Bertz CT molecular complexity index is 974. The van der Waals surface area contributed by atoms with Gasteiger partial charge in [-0.25, -0.2) is 8.42 Å². The minimum atomic E-state index is -3.65. The third-order valence-electron chi connectivity index (χ3n) is 6.48. The molecule has 0 aromatic heterocycles. The van der Waals surface area contributed by atoms with Gasteiger partial charge in [0.25, 0.3) is 0 Å². The van der Waals surface area contributed by atoms with Crippen LogP contribution in [0, 0.1) is 17.8 Å². The number of fused-ring (bicyclic) bond motifs is 1. The molecule has 30 heavy (non-hydrogen) atoms. The summed E-state index contributed by atoms with van der Waals surface area (Å²) in [5.41, 5.74) is 1.76. The zero-order valence-electron chi connectivity index (χ0n) is 17.5. The van der Waals surface area contributed by atoms with E-state index in [-0.39, 0.29) is 40.5 Å². The number of hydrogen-bond donors (Lipinski definition) is 1. The number of hydrogen-bond acceptors (Lipinski definition) is 4. The highest BCUT2D eigenvalue weighted by molar-refractivity contribution is 7.89. The molecule has 2 atom stereocenters. The highest BCUT2D eigenvalue weighted by Crippen LogP contribution is 2.38. The van der Waals surface area contributed by atoms with E-state index in [2.05, 4.69) is 11.9 Å². The van der Waals surface area contributed by atoms with Crippen molar-refractivity contribution in [2.24, 2.45) is 17.8 Å². The Kier molecular flexibility index (Phi) is 5.48. The quantitative estimate of drug-likeness (QED) is 0.722. The smallest absolute Gasteiger partial charge is 0.243 e. The van der Waals surface area contributed by atoms with E-state index in [0.717, 1.165) is 24.1 Å². The summed E-state index contributed by atoms with van der Waals surface area (Å²) in [6.07, 6.45) is 3.83. The number of rotatable bonds is 5. The summed E-state index contributed by atoms with van der Waals surface area (Å²) in [6.45, 7) is 8.71. The van der Waals surface area contributed by atoms with Gasteiger partial charge in [0.15, 0.2) is 0 Å². The lowest BCUT2D eigenvalue weighted by molar-refractivity contribution is -0.120. The lowest BCUT2D eigenvalue weighted by Gasteiger charge is -2.40. The maximum Gasteiger partial charge on any atom is 0.243 e. The van der Waals surface area contributed by atoms with Crippen LogP contribution < -0.4 is 10.2 Å². The summed E-state index contributed by atoms with van der Waals surface area (Å²) in [7, 11) is -3.65. The van der Waals surface area contributed by atoms with E-state index in [1.165, 1.54) is 10.4 Å². The topological polar surface area (TPSA) is 86.8 Å². The molecule has 8 heteroatoms. The fourth-order valence-corrected chi connectivity index (χ4v) is 6.37. The van der Waals surface area contributed by atoms with Crippen molar-refractivity contribution in [1.82, 2.24) is 9.62 Å². The van der Waals surface area contributed by atoms with Crippen LogP contribution in [0.25, 0.3) is 0 Å². The van der Waals surface area contributed by atoms with E-state index < -0.39 is 10.0 Å². The van der Waals surface area contributed by atoms with E-state index in [1.807, 2.05) is 13.8 Å². The van der Waals surface area contributed by atoms with E-state index in [0.29, 0.717) is 26.1 Å². The zero-order valence-corrected chi connectivity index (χ0v) is 18.3. The fraction of sp³-hybridized carbons (Fsp3) is 0.545. The first-order valence-corrected chi connectivity index (χ1v) is 12.0. The molecule has 2 fully saturated rings. The molecule has 1 aromatic carbocycles. The van der Waals surface area contributed by atoms with Crippen molar-refractivity contribution in [2.75, 3.05) is 24.5 Å². The van der Waals surface area contributed by atoms with Gasteiger partial charge in [0, 0.05) is 37.3 Å². The Hall–Kier alpha value is -2.19. The third kappa shape index (κ3) is 3.78. The lowest BCUT2D eigenvalue weighted by atomic mass is 9.87. The van der Waals surface area contributed by atoms with Crippen molar-refractivity contribution in [1.29, 1.82) is 0 Å². The van der Waals surface area contributed by atoms with Crippen LogP contribution in [0.15, 0.2) is 35.7 Å². The molecule has 1 aliphatic carbocycles. The largest absolute Gasteiger partial charge is 0.349 e. The average molecular weight is 432 g/mol. The number of sulfonamides is 1. The third-order valence-corrected chi connectivity index (χ3v) is 8.31. The first kappa shape index (κ1) is 21.1. The van der Waals surface area contributed by atoms with E-state index in [4.69, 9.17) is 0 Å². The molecule has 1 aromatic rings. The van der Waals surface area contributed by atoms with Gasteiger partial charge in [0.05, 0.1) is 4.90 Å². The number of nitrogens with one attached hydrogen (secondary N) is 1. The second-order valence-electron chi connectivity index (χ2n) is 8.82. The number of piperidine rings is 1. The summed E-state index contributed by atoms with van der Waals surface area (Å²) in [4.78, 5) is 26.3. The second-order valence-corrected chi connectivity index (χ2v) is 10.8. The number of benzene rings is 1. The first-order valence-electron chi connectivity index (χ1n) is 10.6. The molecule has 0 bridgehead atoms. The van der Waals surface area contributed by atoms with Gasteiger partial charge in [-0.05, 0) is 60.9 Å². The van der Waals surface area contributed by atoms with Crippen LogP contribution in [0.3, 0.4) is 0 Å². The molecule has 7 nitrogen and oxygen atoms in total. The van der Waals surface area contributed by atoms with Crippen LogP contribution in [0.1, 0.15) is 32.3 Å². The summed E-state index contributed by atoms with van der Waals surface area (Å²) >= 11 is 0. The van der Waals surface area contributed by atoms with Gasteiger partial charge < -0.3 is 10.2 Å². The van der Waals surface area contributed by atoms with Crippen LogP contribution in [0.2, 0.25) is 0 Å². The van der Waals surface area contributed by atoms with Crippen LogP contribution in [-0.2, 0) is 26.0 Å². The van der Waals surface area contributed by atoms with E-state index in [9.17, 15) is 18.0 Å². The Morgan fingerprint density at radius 1 is 1.17 bits per heavy atom. The molecule has 3 aliphatic rings. The Morgan fingerprint density at radius 2 is 1.83 bits per heavy atom. The molecule has 2 unspecified atom stereocenters. The van der Waals surface area contributed by atoms with Crippen molar-refractivity contribution in [3.8, 4) is 0 Å².